The number of anilines is 2. The van der Waals surface area contributed by atoms with E-state index in [1.165, 1.54) is 0 Å². The van der Waals surface area contributed by atoms with Crippen molar-refractivity contribution in [2.24, 2.45) is 0 Å². The van der Waals surface area contributed by atoms with Crippen LogP contribution in [0, 0.1) is 0 Å². The van der Waals surface area contributed by atoms with Gasteiger partial charge in [-0.2, -0.15) is 10.6 Å². The van der Waals surface area contributed by atoms with Gasteiger partial charge in [0, 0.05) is 42.3 Å². The third-order valence-corrected chi connectivity index (χ3v) is 10.0. The van der Waals surface area contributed by atoms with E-state index in [9.17, 15) is 14.2 Å². The fourth-order valence-corrected chi connectivity index (χ4v) is 7.02. The lowest BCUT2D eigenvalue weighted by Crippen LogP contribution is -2.44. The van der Waals surface area contributed by atoms with Gasteiger partial charge >= 0.3 is 0 Å². The summed E-state index contributed by atoms with van der Waals surface area (Å²) in [6, 6.07) is 10.4. The molecule has 2 saturated carbocycles. The molecule has 2 heterocycles. The first-order chi connectivity index (χ1) is 17.3. The van der Waals surface area contributed by atoms with Crippen LogP contribution in [-0.4, -0.2) is 73.5 Å². The van der Waals surface area contributed by atoms with Gasteiger partial charge in [-0.1, -0.05) is 0 Å². The largest absolute Gasteiger partial charge is 0.396 e. The number of hydrogen-bond donors (Lipinski definition) is 5. The highest BCUT2D eigenvalue weighted by molar-refractivity contribution is 8.25. The summed E-state index contributed by atoms with van der Waals surface area (Å²) in [6.45, 7) is 3.96. The van der Waals surface area contributed by atoms with E-state index >= 15 is 0 Å². The third-order valence-electron chi connectivity index (χ3n) is 7.07. The summed E-state index contributed by atoms with van der Waals surface area (Å²) in [5, 5.41) is 16.4. The summed E-state index contributed by atoms with van der Waals surface area (Å²) >= 11 is 5.39. The van der Waals surface area contributed by atoms with E-state index in [0.717, 1.165) is 29.9 Å². The zero-order valence-corrected chi connectivity index (χ0v) is 22.2. The van der Waals surface area contributed by atoms with E-state index in [4.69, 9.17) is 26.9 Å². The van der Waals surface area contributed by atoms with Gasteiger partial charge in [0.25, 0.3) is 0 Å². The van der Waals surface area contributed by atoms with Crippen LogP contribution in [0.25, 0.3) is 11.4 Å². The van der Waals surface area contributed by atoms with Crippen LogP contribution in [-0.2, 0) is 9.48 Å². The van der Waals surface area contributed by atoms with Crippen molar-refractivity contribution in [3.63, 3.8) is 0 Å². The van der Waals surface area contributed by atoms with Gasteiger partial charge in [-0.05, 0) is 75.5 Å². The van der Waals surface area contributed by atoms with Gasteiger partial charge in [0.05, 0.1) is 24.9 Å². The van der Waals surface area contributed by atoms with Crippen LogP contribution >= 0.6 is 22.8 Å². The monoisotopic (exact) mass is 533 g/mol. The van der Waals surface area contributed by atoms with Crippen LogP contribution in [0.1, 0.15) is 44.7 Å². The second-order valence-electron chi connectivity index (χ2n) is 9.94. The maximum atomic E-state index is 11.1. The minimum Gasteiger partial charge on any atom is -0.396 e. The molecule has 36 heavy (non-hydrogen) atoms. The highest BCUT2D eigenvalue weighted by Gasteiger charge is 2.56. The number of thiocarbonyl (C=S) groups is 1. The molecule has 5 N–H and O–H groups in total. The molecule has 1 atom stereocenters. The molecule has 1 aliphatic heterocycles. The van der Waals surface area contributed by atoms with Crippen molar-refractivity contribution in [2.75, 3.05) is 42.3 Å². The summed E-state index contributed by atoms with van der Waals surface area (Å²) in [4.78, 5) is 12.0. The molecule has 196 valence electrons. The van der Waals surface area contributed by atoms with Gasteiger partial charge in [-0.3, -0.25) is 9.11 Å². The van der Waals surface area contributed by atoms with Crippen molar-refractivity contribution in [3.8, 4) is 11.4 Å². The number of aliphatic hydroxyl groups excluding tert-OH is 1. The molecule has 11 heteroatoms. The Morgan fingerprint density at radius 3 is 2.61 bits per heavy atom. The number of hydrogen-bond acceptors (Lipinski definition) is 8. The third kappa shape index (κ3) is 5.46. The van der Waals surface area contributed by atoms with Gasteiger partial charge < -0.3 is 25.4 Å². The maximum absolute atomic E-state index is 11.1. The molecule has 3 fully saturated rings. The van der Waals surface area contributed by atoms with Gasteiger partial charge in [-0.15, -0.1) is 0 Å². The van der Waals surface area contributed by atoms with Gasteiger partial charge in [0.15, 0.2) is 10.9 Å². The molecule has 5 rings (SSSR count). The molecule has 3 aliphatic rings. The lowest BCUT2D eigenvalue weighted by atomic mass is 10.1. The van der Waals surface area contributed by atoms with Crippen LogP contribution < -0.4 is 15.5 Å². The SMILES string of the molecule is C[C@H]1COCCN1c1cc(C2(S(O)(O)CCCO)CC2)nc(-c2ccc(NC(=S)NC3CC3)cc2)n1. The van der Waals surface area contributed by atoms with Crippen molar-refractivity contribution in [1.82, 2.24) is 15.3 Å². The van der Waals surface area contributed by atoms with Crippen molar-refractivity contribution in [3.05, 3.63) is 36.0 Å². The minimum absolute atomic E-state index is 0.0719. The Bertz CT molecular complexity index is 1090. The number of benzene rings is 1. The quantitative estimate of drug-likeness (QED) is 0.303. The molecule has 0 spiro atoms. The standard InChI is InChI=1S/C25H35N5O4S2/c1-17-16-34-13-11-30(17)22-15-21(25(9-10-25)36(32,33)14-2-12-31)28-23(29-22)18-3-5-19(6-4-18)26-24(35)27-20-7-8-20/h3-6,15,17,20,31-33H,2,7-14,16H2,1H3,(H2,26,27,35)/t17-/m0/s1. The molecule has 2 aliphatic carbocycles. The molecule has 1 aromatic heterocycles. The first kappa shape index (κ1) is 25.6. The van der Waals surface area contributed by atoms with Gasteiger partial charge in [0.1, 0.15) is 10.6 Å². The molecule has 2 aromatic rings. The average molecular weight is 534 g/mol. The molecule has 0 unspecified atom stereocenters. The normalized spacial score (nSPS) is 21.7. The van der Waals surface area contributed by atoms with Gasteiger partial charge in [0.2, 0.25) is 0 Å². The molecule has 0 amide bonds. The van der Waals surface area contributed by atoms with Crippen molar-refractivity contribution >= 4 is 39.4 Å². The smallest absolute Gasteiger partial charge is 0.170 e. The molecule has 1 saturated heterocycles. The highest BCUT2D eigenvalue weighted by atomic mass is 32.3. The van der Waals surface area contributed by atoms with E-state index in [1.807, 2.05) is 30.3 Å². The van der Waals surface area contributed by atoms with Crippen LogP contribution in [0.4, 0.5) is 11.5 Å². The van der Waals surface area contributed by atoms with Crippen molar-refractivity contribution in [2.45, 2.75) is 55.9 Å². The van der Waals surface area contributed by atoms with Gasteiger partial charge in [-0.25, -0.2) is 9.97 Å². The molecular weight excluding hydrogens is 498 g/mol. The van der Waals surface area contributed by atoms with Crippen LogP contribution in [0.3, 0.4) is 0 Å². The summed E-state index contributed by atoms with van der Waals surface area (Å²) in [5.74, 6) is 1.49. The molecule has 0 radical (unpaired) electrons. The summed E-state index contributed by atoms with van der Waals surface area (Å²) in [7, 11) is -2.97. The molecule has 1 aromatic carbocycles. The fraction of sp³-hybridized carbons (Fsp3) is 0.560. The predicted molar refractivity (Wildman–Crippen MR) is 148 cm³/mol. The zero-order valence-electron chi connectivity index (χ0n) is 20.5. The number of rotatable bonds is 9. The minimum atomic E-state index is -2.97. The van der Waals surface area contributed by atoms with E-state index in [2.05, 4.69) is 22.5 Å². The van der Waals surface area contributed by atoms with E-state index < -0.39 is 15.3 Å². The Morgan fingerprint density at radius 2 is 1.97 bits per heavy atom. The molecule has 9 nitrogen and oxygen atoms in total. The number of ether oxygens (including phenoxy) is 1. The van der Waals surface area contributed by atoms with Crippen LogP contribution in [0.5, 0.6) is 0 Å². The van der Waals surface area contributed by atoms with E-state index in [0.29, 0.717) is 61.7 Å². The van der Waals surface area contributed by atoms with Crippen LogP contribution in [0.15, 0.2) is 30.3 Å². The topological polar surface area (TPSA) is 123 Å². The maximum Gasteiger partial charge on any atom is 0.170 e. The van der Waals surface area contributed by atoms with E-state index in [1.54, 1.807) is 0 Å². The summed E-state index contributed by atoms with van der Waals surface area (Å²) < 4.78 is 27.0. The lowest BCUT2D eigenvalue weighted by Gasteiger charge is -2.41. The number of nitrogens with one attached hydrogen (secondary N) is 2. The predicted octanol–water partition coefficient (Wildman–Crippen LogP) is 3.94. The zero-order chi connectivity index (χ0) is 25.3. The number of nitrogens with zero attached hydrogens (tertiary/aromatic N) is 3. The number of aliphatic hydroxyl groups is 1. The second-order valence-corrected chi connectivity index (χ2v) is 12.9. The van der Waals surface area contributed by atoms with Crippen LogP contribution in [0.2, 0.25) is 0 Å². The summed E-state index contributed by atoms with van der Waals surface area (Å²) in [5.41, 5.74) is 2.39. The Balaban J connectivity index is 1.46. The molecule has 0 bridgehead atoms. The Labute approximate surface area is 219 Å². The Hall–Kier alpha value is -2.02. The Kier molecular flexibility index (Phi) is 7.39. The van der Waals surface area contributed by atoms with Crippen molar-refractivity contribution in [1.29, 1.82) is 0 Å². The highest BCUT2D eigenvalue weighted by Crippen LogP contribution is 2.71. The first-order valence-corrected chi connectivity index (χ1v) is 14.7. The van der Waals surface area contributed by atoms with Crippen molar-refractivity contribution < 1.29 is 18.9 Å². The summed E-state index contributed by atoms with van der Waals surface area (Å²) in [6.07, 6.45) is 3.98. The molecular formula is C25H35N5O4S2. The number of morpholine rings is 1. The first-order valence-electron chi connectivity index (χ1n) is 12.6. The fourth-order valence-electron chi connectivity index (χ4n) is 4.62. The average Bonchev–Trinajstić information content (AvgIpc) is 3.79. The Morgan fingerprint density at radius 1 is 1.22 bits per heavy atom. The number of aromatic nitrogens is 2. The van der Waals surface area contributed by atoms with E-state index in [-0.39, 0.29) is 18.4 Å². The second kappa shape index (κ2) is 10.4. The lowest BCUT2D eigenvalue weighted by molar-refractivity contribution is 0.0985.